The molecule has 0 spiro atoms. The van der Waals surface area contributed by atoms with Gasteiger partial charge >= 0.3 is 12.2 Å². The molecule has 208 valence electrons. The first kappa shape index (κ1) is 29.7. The molecular weight excluding hydrogens is 500 g/mol. The average Bonchev–Trinajstić information content (AvgIpc) is 3.17. The third-order valence-electron chi connectivity index (χ3n) is 7.23. The molecule has 2 aromatic carbocycles. The van der Waals surface area contributed by atoms with Gasteiger partial charge < -0.3 is 29.6 Å². The Morgan fingerprint density at radius 2 is 1.53 bits per heavy atom. The van der Waals surface area contributed by atoms with E-state index in [0.717, 1.165) is 10.4 Å². The number of hydrogen-bond donors (Lipinski definition) is 3. The fraction of sp³-hybridized carbons (Fsp3) is 0.517. The van der Waals surface area contributed by atoms with Gasteiger partial charge in [-0.05, 0) is 55.9 Å². The Labute approximate surface area is 227 Å². The van der Waals surface area contributed by atoms with E-state index in [2.05, 4.69) is 5.32 Å². The molecule has 0 aromatic heterocycles. The van der Waals surface area contributed by atoms with Gasteiger partial charge in [-0.3, -0.25) is 0 Å². The number of carbonyl (C=O) groups excluding carboxylic acids is 2. The maximum atomic E-state index is 13.1. The van der Waals surface area contributed by atoms with Gasteiger partial charge in [-0.1, -0.05) is 74.5 Å². The summed E-state index contributed by atoms with van der Waals surface area (Å²) in [5.74, 6) is 0. The van der Waals surface area contributed by atoms with Crippen molar-refractivity contribution in [1.29, 1.82) is 0 Å². The van der Waals surface area contributed by atoms with E-state index in [1.165, 1.54) is 4.90 Å². The average molecular weight is 543 g/mol. The first-order chi connectivity index (χ1) is 17.8. The number of aliphatic hydroxyl groups is 1. The Morgan fingerprint density at radius 3 is 2.00 bits per heavy atom. The predicted octanol–water partition coefficient (Wildman–Crippen LogP) is 3.39. The van der Waals surface area contributed by atoms with Crippen LogP contribution in [-0.4, -0.2) is 72.2 Å². The van der Waals surface area contributed by atoms with Crippen molar-refractivity contribution in [3.05, 3.63) is 60.7 Å². The van der Waals surface area contributed by atoms with Crippen LogP contribution in [-0.2, 0) is 9.47 Å². The summed E-state index contributed by atoms with van der Waals surface area (Å²) in [5, 5.41) is 15.2. The lowest BCUT2D eigenvalue weighted by atomic mass is 9.98. The number of ether oxygens (including phenoxy) is 2. The van der Waals surface area contributed by atoms with E-state index in [1.54, 1.807) is 27.7 Å². The van der Waals surface area contributed by atoms with Crippen LogP contribution >= 0.6 is 0 Å². The highest BCUT2D eigenvalue weighted by Gasteiger charge is 2.52. The fourth-order valence-electron chi connectivity index (χ4n) is 5.22. The van der Waals surface area contributed by atoms with E-state index in [4.69, 9.17) is 9.47 Å². The number of carbonyl (C=O) groups is 2. The second kappa shape index (κ2) is 11.9. The van der Waals surface area contributed by atoms with Gasteiger partial charge in [-0.15, -0.1) is 0 Å². The highest BCUT2D eigenvalue weighted by atomic mass is 28.4. The standard InChI is InChI=1S/C29H42N2O6Si/c1-7-36-26(33)30-23-20-31(27(34)37-28(2,3)4)24(25(23)32)18-19-29(5,6)38(35,21-14-10-8-11-15-21)22-16-12-9-13-17-22/h8-17,23-25,32,35H,7,18-20H2,1-6H3,(H,30,33)/t23-,24+,25-/m0/s1. The number of hydrogen-bond acceptors (Lipinski definition) is 6. The Balaban J connectivity index is 1.90. The Hall–Kier alpha value is -2.88. The van der Waals surface area contributed by atoms with Crippen molar-refractivity contribution < 1.29 is 29.0 Å². The minimum Gasteiger partial charge on any atom is -0.450 e. The van der Waals surface area contributed by atoms with E-state index in [-0.39, 0.29) is 13.2 Å². The fourth-order valence-corrected chi connectivity index (χ4v) is 8.97. The molecule has 3 rings (SSSR count). The van der Waals surface area contributed by atoms with E-state index in [0.29, 0.717) is 12.8 Å². The second-order valence-corrected chi connectivity index (χ2v) is 15.5. The van der Waals surface area contributed by atoms with Crippen LogP contribution in [0.2, 0.25) is 5.04 Å². The van der Waals surface area contributed by atoms with E-state index >= 15 is 0 Å². The lowest BCUT2D eigenvalue weighted by Gasteiger charge is -2.42. The third-order valence-corrected chi connectivity index (χ3v) is 11.8. The number of rotatable bonds is 8. The molecule has 3 atom stereocenters. The zero-order valence-corrected chi connectivity index (χ0v) is 24.3. The molecule has 1 aliphatic rings. The van der Waals surface area contributed by atoms with Crippen LogP contribution in [0.5, 0.6) is 0 Å². The molecule has 0 aliphatic carbocycles. The maximum absolute atomic E-state index is 13.1. The number of likely N-dealkylation sites (tertiary alicyclic amines) is 1. The number of nitrogens with zero attached hydrogens (tertiary/aromatic N) is 1. The lowest BCUT2D eigenvalue weighted by molar-refractivity contribution is 0.0137. The number of alkyl carbamates (subject to hydrolysis) is 1. The van der Waals surface area contributed by atoms with Crippen molar-refractivity contribution >= 4 is 30.9 Å². The summed E-state index contributed by atoms with van der Waals surface area (Å²) in [4.78, 5) is 39.2. The van der Waals surface area contributed by atoms with Crippen LogP contribution in [0.15, 0.2) is 60.7 Å². The first-order valence-corrected chi connectivity index (χ1v) is 15.2. The summed E-state index contributed by atoms with van der Waals surface area (Å²) in [6.45, 7) is 11.5. The summed E-state index contributed by atoms with van der Waals surface area (Å²) >= 11 is 0. The third kappa shape index (κ3) is 6.57. The van der Waals surface area contributed by atoms with Crippen molar-refractivity contribution in [3.8, 4) is 0 Å². The Morgan fingerprint density at radius 1 is 1.00 bits per heavy atom. The van der Waals surface area contributed by atoms with Gasteiger partial charge in [0.1, 0.15) is 5.60 Å². The van der Waals surface area contributed by atoms with Crippen molar-refractivity contribution in [2.45, 2.75) is 83.2 Å². The van der Waals surface area contributed by atoms with E-state index < -0.39 is 49.3 Å². The molecule has 1 fully saturated rings. The highest BCUT2D eigenvalue weighted by Crippen LogP contribution is 2.41. The van der Waals surface area contributed by atoms with Crippen molar-refractivity contribution in [2.75, 3.05) is 13.2 Å². The topological polar surface area (TPSA) is 108 Å². The molecule has 0 radical (unpaired) electrons. The SMILES string of the molecule is CCOC(=O)N[C@H]1CN(C(=O)OC(C)(C)C)[C@H](CCC(C)(C)[Si](O)(c2ccccc2)c2ccccc2)[C@H]1O. The minimum atomic E-state index is -3.27. The van der Waals surface area contributed by atoms with Crippen molar-refractivity contribution in [1.82, 2.24) is 10.2 Å². The maximum Gasteiger partial charge on any atom is 0.410 e. The van der Waals surface area contributed by atoms with Crippen LogP contribution in [0.1, 0.15) is 54.4 Å². The summed E-state index contributed by atoms with van der Waals surface area (Å²) in [5.41, 5.74) is -0.716. The van der Waals surface area contributed by atoms with Gasteiger partial charge in [0.05, 0.1) is 24.8 Å². The monoisotopic (exact) mass is 542 g/mol. The lowest BCUT2D eigenvalue weighted by Crippen LogP contribution is -2.65. The molecule has 2 amide bonds. The van der Waals surface area contributed by atoms with Crippen LogP contribution in [0.4, 0.5) is 9.59 Å². The van der Waals surface area contributed by atoms with Crippen molar-refractivity contribution in [3.63, 3.8) is 0 Å². The molecular formula is C29H42N2O6Si. The normalized spacial score (nSPS) is 20.2. The molecule has 9 heteroatoms. The molecule has 0 bridgehead atoms. The second-order valence-electron chi connectivity index (χ2n) is 11.5. The van der Waals surface area contributed by atoms with Crippen LogP contribution in [0, 0.1) is 0 Å². The largest absolute Gasteiger partial charge is 0.450 e. The van der Waals surface area contributed by atoms with Crippen LogP contribution < -0.4 is 15.7 Å². The first-order valence-electron chi connectivity index (χ1n) is 13.2. The van der Waals surface area contributed by atoms with Gasteiger partial charge in [0, 0.05) is 6.54 Å². The van der Waals surface area contributed by atoms with Crippen molar-refractivity contribution in [2.24, 2.45) is 0 Å². The molecule has 8 nitrogen and oxygen atoms in total. The van der Waals surface area contributed by atoms with Gasteiger partial charge in [-0.25, -0.2) is 9.59 Å². The van der Waals surface area contributed by atoms with E-state index in [1.807, 2.05) is 74.5 Å². The van der Waals surface area contributed by atoms with Gasteiger partial charge in [0.25, 0.3) is 8.32 Å². The summed E-state index contributed by atoms with van der Waals surface area (Å²) in [6.07, 6.45) is -1.29. The number of nitrogens with one attached hydrogen (secondary N) is 1. The Bertz CT molecular complexity index is 1030. The zero-order chi connectivity index (χ0) is 28.1. The molecule has 1 heterocycles. The number of amides is 2. The Kier molecular flexibility index (Phi) is 9.28. The summed E-state index contributed by atoms with van der Waals surface area (Å²) < 4.78 is 10.6. The van der Waals surface area contributed by atoms with Gasteiger partial charge in [0.15, 0.2) is 0 Å². The smallest absolute Gasteiger partial charge is 0.410 e. The predicted molar refractivity (Wildman–Crippen MR) is 150 cm³/mol. The molecule has 0 unspecified atom stereocenters. The van der Waals surface area contributed by atoms with Crippen LogP contribution in [0.3, 0.4) is 0 Å². The summed E-state index contributed by atoms with van der Waals surface area (Å²) in [6, 6.07) is 18.2. The molecule has 0 saturated carbocycles. The van der Waals surface area contributed by atoms with Crippen LogP contribution in [0.25, 0.3) is 0 Å². The van der Waals surface area contributed by atoms with Gasteiger partial charge in [-0.2, -0.15) is 0 Å². The van der Waals surface area contributed by atoms with E-state index in [9.17, 15) is 19.5 Å². The quantitative estimate of drug-likeness (QED) is 0.442. The molecule has 3 N–H and O–H groups in total. The molecule has 38 heavy (non-hydrogen) atoms. The highest BCUT2D eigenvalue weighted by molar-refractivity contribution is 6.98. The number of benzene rings is 2. The number of aliphatic hydroxyl groups excluding tert-OH is 1. The minimum absolute atomic E-state index is 0.0963. The van der Waals surface area contributed by atoms with Gasteiger partial charge in [0.2, 0.25) is 0 Å². The molecule has 1 aliphatic heterocycles. The summed E-state index contributed by atoms with van der Waals surface area (Å²) in [7, 11) is -3.27. The molecule has 2 aromatic rings. The molecule has 1 saturated heterocycles. The zero-order valence-electron chi connectivity index (χ0n) is 23.3.